The molecule has 0 aliphatic carbocycles. The first kappa shape index (κ1) is 23.9. The van der Waals surface area contributed by atoms with Crippen molar-refractivity contribution in [1.82, 2.24) is 0 Å². The Morgan fingerprint density at radius 1 is 1.10 bits per heavy atom. The van der Waals surface area contributed by atoms with E-state index in [0.29, 0.717) is 12.4 Å². The standard InChI is InChI=1S/C21H29IO7/c1-20(2,13-21(3,4)19(25)29-12-17-11-27-17)18(24)28-10-15(23)9-26-16-7-5-14(22)6-8-16/h5-8,15,17,23H,9-13H2,1-4H3. The summed E-state index contributed by atoms with van der Waals surface area (Å²) in [5, 5.41) is 10.0. The molecule has 0 radical (unpaired) electrons. The Bertz CT molecular complexity index is 695. The molecule has 1 heterocycles. The normalized spacial score (nSPS) is 17.4. The highest BCUT2D eigenvalue weighted by atomic mass is 127. The molecule has 0 spiro atoms. The summed E-state index contributed by atoms with van der Waals surface area (Å²) in [4.78, 5) is 24.8. The van der Waals surface area contributed by atoms with E-state index in [9.17, 15) is 14.7 Å². The summed E-state index contributed by atoms with van der Waals surface area (Å²) in [6.45, 7) is 7.57. The Kier molecular flexibility index (Phi) is 8.30. The van der Waals surface area contributed by atoms with Gasteiger partial charge in [-0.1, -0.05) is 0 Å². The number of ether oxygens (including phenoxy) is 4. The van der Waals surface area contributed by atoms with E-state index in [2.05, 4.69) is 22.6 Å². The number of esters is 2. The number of carbonyl (C=O) groups is 2. The number of rotatable bonds is 11. The third-order valence-corrected chi connectivity index (χ3v) is 5.17. The molecular weight excluding hydrogens is 491 g/mol. The van der Waals surface area contributed by atoms with E-state index >= 15 is 0 Å². The molecule has 2 unspecified atom stereocenters. The molecule has 1 fully saturated rings. The lowest BCUT2D eigenvalue weighted by Gasteiger charge is -2.31. The van der Waals surface area contributed by atoms with Crippen molar-refractivity contribution in [3.63, 3.8) is 0 Å². The zero-order valence-electron chi connectivity index (χ0n) is 17.3. The highest BCUT2D eigenvalue weighted by molar-refractivity contribution is 14.1. The van der Waals surface area contributed by atoms with E-state index in [0.717, 1.165) is 3.57 Å². The molecule has 0 aromatic heterocycles. The van der Waals surface area contributed by atoms with Crippen molar-refractivity contribution in [3.05, 3.63) is 27.8 Å². The van der Waals surface area contributed by atoms with Crippen LogP contribution in [0.5, 0.6) is 5.75 Å². The minimum absolute atomic E-state index is 0.00376. The highest BCUT2D eigenvalue weighted by Gasteiger charge is 2.41. The topological polar surface area (TPSA) is 94.6 Å². The van der Waals surface area contributed by atoms with E-state index in [1.54, 1.807) is 39.8 Å². The number of epoxide rings is 1. The largest absolute Gasteiger partial charge is 0.491 e. The van der Waals surface area contributed by atoms with Crippen molar-refractivity contribution in [2.75, 3.05) is 26.4 Å². The average molecular weight is 520 g/mol. The van der Waals surface area contributed by atoms with E-state index in [1.807, 2.05) is 12.1 Å². The van der Waals surface area contributed by atoms with Gasteiger partial charge >= 0.3 is 11.9 Å². The van der Waals surface area contributed by atoms with Crippen LogP contribution in [0.25, 0.3) is 0 Å². The lowest BCUT2D eigenvalue weighted by atomic mass is 9.75. The first-order chi connectivity index (χ1) is 13.5. The van der Waals surface area contributed by atoms with Crippen LogP contribution < -0.4 is 4.74 Å². The molecule has 7 nitrogen and oxygen atoms in total. The van der Waals surface area contributed by atoms with Crippen LogP contribution in [0.4, 0.5) is 0 Å². The summed E-state index contributed by atoms with van der Waals surface area (Å²) in [5.41, 5.74) is -1.78. The van der Waals surface area contributed by atoms with Crippen LogP contribution in [0.15, 0.2) is 24.3 Å². The summed E-state index contributed by atoms with van der Waals surface area (Å²) < 4.78 is 22.1. The fourth-order valence-electron chi connectivity index (χ4n) is 2.92. The van der Waals surface area contributed by atoms with Gasteiger partial charge in [-0.2, -0.15) is 0 Å². The van der Waals surface area contributed by atoms with Crippen molar-refractivity contribution in [1.29, 1.82) is 0 Å². The van der Waals surface area contributed by atoms with E-state index in [4.69, 9.17) is 18.9 Å². The third kappa shape index (κ3) is 8.10. The Labute approximate surface area is 185 Å². The van der Waals surface area contributed by atoms with Gasteiger partial charge in [0.15, 0.2) is 0 Å². The lowest BCUT2D eigenvalue weighted by molar-refractivity contribution is -0.164. The molecule has 162 valence electrons. The zero-order valence-corrected chi connectivity index (χ0v) is 19.4. The molecule has 0 saturated carbocycles. The minimum Gasteiger partial charge on any atom is -0.491 e. The third-order valence-electron chi connectivity index (χ3n) is 4.45. The maximum Gasteiger partial charge on any atom is 0.311 e. The molecule has 1 aromatic carbocycles. The van der Waals surface area contributed by atoms with Gasteiger partial charge in [0.05, 0.1) is 17.4 Å². The Balaban J connectivity index is 1.76. The summed E-state index contributed by atoms with van der Waals surface area (Å²) in [7, 11) is 0. The van der Waals surface area contributed by atoms with E-state index in [-0.39, 0.29) is 38.3 Å². The Morgan fingerprint density at radius 3 is 2.21 bits per heavy atom. The van der Waals surface area contributed by atoms with Crippen LogP contribution in [0.2, 0.25) is 0 Å². The summed E-state index contributed by atoms with van der Waals surface area (Å²) in [6.07, 6.45) is -0.709. The van der Waals surface area contributed by atoms with E-state index < -0.39 is 22.9 Å². The predicted molar refractivity (Wildman–Crippen MR) is 114 cm³/mol. The van der Waals surface area contributed by atoms with Crippen LogP contribution >= 0.6 is 22.6 Å². The average Bonchev–Trinajstić information content (AvgIpc) is 3.47. The maximum absolute atomic E-state index is 12.5. The minimum atomic E-state index is -0.953. The Hall–Kier alpha value is -1.39. The summed E-state index contributed by atoms with van der Waals surface area (Å²) in [5.74, 6) is -0.231. The van der Waals surface area contributed by atoms with Crippen molar-refractivity contribution < 1.29 is 33.6 Å². The molecule has 1 aromatic rings. The van der Waals surface area contributed by atoms with Gasteiger partial charge in [0, 0.05) is 3.57 Å². The van der Waals surface area contributed by atoms with Gasteiger partial charge in [-0.3, -0.25) is 9.59 Å². The molecule has 0 amide bonds. The number of aliphatic hydroxyl groups is 1. The van der Waals surface area contributed by atoms with Crippen molar-refractivity contribution in [3.8, 4) is 5.75 Å². The zero-order chi connectivity index (χ0) is 21.7. The number of benzene rings is 1. The molecule has 1 saturated heterocycles. The van der Waals surface area contributed by atoms with Crippen LogP contribution in [-0.2, 0) is 23.8 Å². The molecule has 1 N–H and O–H groups in total. The summed E-state index contributed by atoms with van der Waals surface area (Å²) >= 11 is 2.19. The first-order valence-electron chi connectivity index (χ1n) is 9.52. The fourth-order valence-corrected chi connectivity index (χ4v) is 3.28. The second kappa shape index (κ2) is 10.1. The maximum atomic E-state index is 12.5. The van der Waals surface area contributed by atoms with Crippen molar-refractivity contribution in [2.45, 2.75) is 46.3 Å². The number of halogens is 1. The van der Waals surface area contributed by atoms with Crippen LogP contribution in [0.3, 0.4) is 0 Å². The fraction of sp³-hybridized carbons (Fsp3) is 0.619. The molecule has 0 bridgehead atoms. The molecule has 2 atom stereocenters. The van der Waals surface area contributed by atoms with Crippen LogP contribution in [0.1, 0.15) is 34.1 Å². The molecule has 1 aliphatic rings. The number of hydrogen-bond acceptors (Lipinski definition) is 7. The van der Waals surface area contributed by atoms with Gasteiger partial charge in [0.25, 0.3) is 0 Å². The van der Waals surface area contributed by atoms with Crippen LogP contribution in [-0.4, -0.2) is 55.7 Å². The van der Waals surface area contributed by atoms with E-state index in [1.165, 1.54) is 0 Å². The van der Waals surface area contributed by atoms with Gasteiger partial charge in [-0.15, -0.1) is 0 Å². The monoisotopic (exact) mass is 520 g/mol. The molecular formula is C21H29IO7. The number of hydrogen-bond donors (Lipinski definition) is 1. The number of aliphatic hydroxyl groups excluding tert-OH is 1. The van der Waals surface area contributed by atoms with Gasteiger partial charge in [0.1, 0.15) is 37.8 Å². The van der Waals surface area contributed by atoms with Gasteiger partial charge in [0.2, 0.25) is 0 Å². The van der Waals surface area contributed by atoms with Crippen molar-refractivity contribution >= 4 is 34.5 Å². The molecule has 1 aliphatic heterocycles. The van der Waals surface area contributed by atoms with Gasteiger partial charge in [-0.25, -0.2) is 0 Å². The quantitative estimate of drug-likeness (QED) is 0.273. The smallest absolute Gasteiger partial charge is 0.311 e. The summed E-state index contributed by atoms with van der Waals surface area (Å²) in [6, 6.07) is 7.41. The lowest BCUT2D eigenvalue weighted by Crippen LogP contribution is -2.38. The first-order valence-corrected chi connectivity index (χ1v) is 10.6. The Morgan fingerprint density at radius 2 is 1.66 bits per heavy atom. The van der Waals surface area contributed by atoms with Gasteiger partial charge < -0.3 is 24.1 Å². The highest BCUT2D eigenvalue weighted by Crippen LogP contribution is 2.36. The van der Waals surface area contributed by atoms with Crippen LogP contribution in [0, 0.1) is 14.4 Å². The molecule has 2 rings (SSSR count). The molecule has 8 heteroatoms. The second-order valence-electron chi connectivity index (χ2n) is 8.52. The van der Waals surface area contributed by atoms with Gasteiger partial charge in [-0.05, 0) is 81.0 Å². The second-order valence-corrected chi connectivity index (χ2v) is 9.76. The van der Waals surface area contributed by atoms with Crippen molar-refractivity contribution in [2.24, 2.45) is 10.8 Å². The number of carbonyl (C=O) groups excluding carboxylic acids is 2. The molecule has 29 heavy (non-hydrogen) atoms. The SMILES string of the molecule is CC(C)(CC(C)(C)C(=O)OCC1CO1)C(=O)OCC(O)COc1ccc(I)cc1. The predicted octanol–water partition coefficient (Wildman–Crippen LogP) is 2.96.